The van der Waals surface area contributed by atoms with Crippen molar-refractivity contribution in [1.29, 1.82) is 0 Å². The minimum atomic E-state index is -0.617. The van der Waals surface area contributed by atoms with E-state index in [9.17, 15) is 10.2 Å². The van der Waals surface area contributed by atoms with E-state index in [0.717, 1.165) is 87.9 Å². The van der Waals surface area contributed by atoms with Crippen molar-refractivity contribution < 1.29 is 14.9 Å². The third-order valence-electron chi connectivity index (χ3n) is 13.9. The fourth-order valence-electron chi connectivity index (χ4n) is 10.1. The zero-order valence-corrected chi connectivity index (χ0v) is 42.6. The van der Waals surface area contributed by atoms with Crippen LogP contribution >= 0.6 is 23.5 Å². The van der Waals surface area contributed by atoms with E-state index in [1.54, 1.807) is 23.5 Å². The number of benzene rings is 8. The molecule has 8 aromatic carbocycles. The molecule has 0 amide bonds. The number of hydrogen-bond acceptors (Lipinski definition) is 13. The number of rotatable bonds is 18. The van der Waals surface area contributed by atoms with Crippen molar-refractivity contribution in [3.63, 3.8) is 0 Å². The summed E-state index contributed by atoms with van der Waals surface area (Å²) in [4.78, 5) is 24.3. The van der Waals surface area contributed by atoms with Crippen LogP contribution in [0.25, 0.3) is 21.8 Å². The van der Waals surface area contributed by atoms with Gasteiger partial charge >= 0.3 is 0 Å². The minimum absolute atomic E-state index is 0.0326. The number of hydrogen-bond donors (Lipinski definition) is 6. The molecule has 2 aliphatic carbocycles. The predicted molar refractivity (Wildman–Crippen MR) is 302 cm³/mol. The van der Waals surface area contributed by atoms with Gasteiger partial charge in [0.1, 0.15) is 24.0 Å². The summed E-state index contributed by atoms with van der Waals surface area (Å²) < 4.78 is 6.61. The summed E-state index contributed by atoms with van der Waals surface area (Å²) in [5, 5.41) is 37.6. The Balaban J connectivity index is 0.769. The van der Waals surface area contributed by atoms with Crippen LogP contribution in [0.2, 0.25) is 0 Å². The van der Waals surface area contributed by atoms with Crippen LogP contribution in [0.3, 0.4) is 0 Å². The smallest absolute Gasteiger partial charge is 0.225 e. The Morgan fingerprint density at radius 2 is 0.987 bits per heavy atom. The lowest BCUT2D eigenvalue weighted by Crippen LogP contribution is -2.22. The van der Waals surface area contributed by atoms with E-state index >= 15 is 0 Å². The molecule has 0 spiro atoms. The maximum absolute atomic E-state index is 11.3. The van der Waals surface area contributed by atoms with Crippen LogP contribution in [0.15, 0.2) is 208 Å². The molecular weight excluding hydrogens is 969 g/mol. The summed E-state index contributed by atoms with van der Waals surface area (Å²) in [5.74, 6) is 3.14. The van der Waals surface area contributed by atoms with Gasteiger partial charge in [-0.2, -0.15) is 9.97 Å². The summed E-state index contributed by atoms with van der Waals surface area (Å²) >= 11 is 3.34. The highest BCUT2D eigenvalue weighted by Crippen LogP contribution is 2.39. The highest BCUT2D eigenvalue weighted by molar-refractivity contribution is 7.99. The van der Waals surface area contributed by atoms with E-state index in [2.05, 4.69) is 118 Å². The summed E-state index contributed by atoms with van der Waals surface area (Å²) in [5.41, 5.74) is 10.7. The molecule has 2 aromatic heterocycles. The average Bonchev–Trinajstić information content (AvgIpc) is 4.02. The number of nitrogens with zero attached hydrogens (tertiary/aromatic N) is 4. The first kappa shape index (κ1) is 48.0. The number of ether oxygens (including phenoxy) is 1. The van der Waals surface area contributed by atoms with E-state index < -0.39 is 6.10 Å². The molecular formula is C62H54N8O3S2. The standard InChI is InChI=1S/C62H54N8O3S2/c71-37-44-20-6-13-27-56(44)74-54-25-11-4-18-42(54)36-64-62-67-52-34-47(29-30-50(52)60(70-62)68-58-48-22-8-3-17-41(48)33-53(58)72)73-38-45-21-7-14-28-57(45)75-55-26-12-5-19-43(55)35-63-61-66-51-24-10-9-23-49(51)59(69-61)65-46-31-39-15-1-2-16-40(39)32-46/h1-30,34,46,53,58,71-72H,31-33,35-38H2,(H2,63,65,66,69)(H2,64,67,68,70)/t53-,58+/m0/s1. The van der Waals surface area contributed by atoms with Crippen molar-refractivity contribution in [2.45, 2.75) is 83.3 Å². The molecule has 10 aromatic rings. The Morgan fingerprint density at radius 1 is 0.480 bits per heavy atom. The lowest BCUT2D eigenvalue weighted by molar-refractivity contribution is 0.165. The summed E-state index contributed by atoms with van der Waals surface area (Å²) in [7, 11) is 0. The Hall–Kier alpha value is -7.94. The van der Waals surface area contributed by atoms with E-state index in [1.165, 1.54) is 11.1 Å². The second-order valence-electron chi connectivity index (χ2n) is 18.9. The van der Waals surface area contributed by atoms with Gasteiger partial charge in [-0.3, -0.25) is 0 Å². The molecule has 0 unspecified atom stereocenters. The minimum Gasteiger partial charge on any atom is -0.489 e. The van der Waals surface area contributed by atoms with Gasteiger partial charge in [-0.15, -0.1) is 0 Å². The van der Waals surface area contributed by atoms with Crippen molar-refractivity contribution >= 4 is 68.9 Å². The number of aromatic nitrogens is 4. The van der Waals surface area contributed by atoms with Crippen LogP contribution in [0.1, 0.15) is 50.5 Å². The van der Waals surface area contributed by atoms with Crippen LogP contribution in [0, 0.1) is 0 Å². The topological polar surface area (TPSA) is 149 Å². The number of anilines is 4. The van der Waals surface area contributed by atoms with E-state index in [4.69, 9.17) is 24.7 Å². The van der Waals surface area contributed by atoms with Gasteiger partial charge in [0.2, 0.25) is 11.9 Å². The Kier molecular flexibility index (Phi) is 14.0. The zero-order valence-electron chi connectivity index (χ0n) is 41.0. The molecule has 0 fully saturated rings. The normalized spacial score (nSPS) is 14.9. The molecule has 2 atom stereocenters. The molecule has 75 heavy (non-hydrogen) atoms. The molecule has 13 heteroatoms. The SMILES string of the molecule is OCc1ccccc1Sc1ccccc1CNc1nc(N[C@@H]2c3ccccc3C[C@@H]2O)c2ccc(OCc3ccccc3Sc3ccccc3CNc3nc(NC4Cc5ccccc5C4)c4ccccc4n3)cc2n1. The first-order valence-corrected chi connectivity index (χ1v) is 26.9. The first-order chi connectivity index (χ1) is 37.0. The van der Waals surface area contributed by atoms with Crippen LogP contribution in [0.5, 0.6) is 5.75 Å². The van der Waals surface area contributed by atoms with Crippen molar-refractivity contribution in [2.75, 3.05) is 21.3 Å². The summed E-state index contributed by atoms with van der Waals surface area (Å²) in [6, 6.07) is 63.8. The van der Waals surface area contributed by atoms with Gasteiger partial charge < -0.3 is 36.2 Å². The Bertz CT molecular complexity index is 3670. The summed E-state index contributed by atoms with van der Waals surface area (Å²) in [6.07, 6.45) is 1.87. The monoisotopic (exact) mass is 1020 g/mol. The van der Waals surface area contributed by atoms with Crippen molar-refractivity contribution in [1.82, 2.24) is 19.9 Å². The number of nitrogens with one attached hydrogen (secondary N) is 4. The van der Waals surface area contributed by atoms with Gasteiger partial charge in [0.25, 0.3) is 0 Å². The molecule has 2 aliphatic rings. The van der Waals surface area contributed by atoms with E-state index in [1.807, 2.05) is 91.0 Å². The third kappa shape index (κ3) is 10.7. The van der Waals surface area contributed by atoms with Gasteiger partial charge in [0.05, 0.1) is 29.8 Å². The fourth-order valence-corrected chi connectivity index (χ4v) is 12.2. The first-order valence-electron chi connectivity index (χ1n) is 25.3. The lowest BCUT2D eigenvalue weighted by Gasteiger charge is -2.21. The molecule has 11 nitrogen and oxygen atoms in total. The molecule has 2 heterocycles. The fraction of sp³-hybridized carbons (Fsp3) is 0.161. The predicted octanol–water partition coefficient (Wildman–Crippen LogP) is 12.8. The van der Waals surface area contributed by atoms with Gasteiger partial charge in [0.15, 0.2) is 0 Å². The van der Waals surface area contributed by atoms with E-state index in [0.29, 0.717) is 55.1 Å². The number of para-hydroxylation sites is 1. The van der Waals surface area contributed by atoms with Gasteiger partial charge in [0, 0.05) is 67.5 Å². The maximum atomic E-state index is 11.3. The maximum Gasteiger partial charge on any atom is 0.225 e. The average molecular weight is 1020 g/mol. The highest BCUT2D eigenvalue weighted by atomic mass is 32.2. The zero-order chi connectivity index (χ0) is 50.5. The Labute approximate surface area is 444 Å². The van der Waals surface area contributed by atoms with Crippen LogP contribution < -0.4 is 26.0 Å². The number of fused-ring (bicyclic) bond motifs is 4. The molecule has 0 saturated heterocycles. The van der Waals surface area contributed by atoms with Gasteiger partial charge in [-0.25, -0.2) is 9.97 Å². The quantitative estimate of drug-likeness (QED) is 0.0485. The van der Waals surface area contributed by atoms with Gasteiger partial charge in [-0.1, -0.05) is 157 Å². The van der Waals surface area contributed by atoms with Gasteiger partial charge in [-0.05, 0) is 100 Å². The van der Waals surface area contributed by atoms with Crippen LogP contribution in [0.4, 0.5) is 23.5 Å². The summed E-state index contributed by atoms with van der Waals surface area (Å²) in [6.45, 7) is 1.30. The largest absolute Gasteiger partial charge is 0.489 e. The van der Waals surface area contributed by atoms with Crippen LogP contribution in [-0.4, -0.2) is 42.3 Å². The molecule has 0 radical (unpaired) electrons. The third-order valence-corrected chi connectivity index (χ3v) is 16.4. The second kappa shape index (κ2) is 21.9. The molecule has 0 saturated carbocycles. The van der Waals surface area contributed by atoms with Crippen molar-refractivity contribution in [3.05, 3.63) is 233 Å². The molecule has 12 rings (SSSR count). The second-order valence-corrected chi connectivity index (χ2v) is 21.1. The molecule has 6 N–H and O–H groups in total. The highest BCUT2D eigenvalue weighted by Gasteiger charge is 2.32. The van der Waals surface area contributed by atoms with E-state index in [-0.39, 0.29) is 18.7 Å². The molecule has 0 aliphatic heterocycles. The van der Waals surface area contributed by atoms with Crippen molar-refractivity contribution in [2.24, 2.45) is 0 Å². The lowest BCUT2D eigenvalue weighted by atomic mass is 10.1. The van der Waals surface area contributed by atoms with Crippen molar-refractivity contribution in [3.8, 4) is 5.75 Å². The molecule has 372 valence electrons. The number of aliphatic hydroxyl groups excluding tert-OH is 2. The molecule has 0 bridgehead atoms. The number of aliphatic hydroxyl groups is 2. The van der Waals surface area contributed by atoms with Crippen LogP contribution in [-0.2, 0) is 45.6 Å². The Morgan fingerprint density at radius 3 is 1.65 bits per heavy atom.